The molecule has 1 aliphatic carbocycles. The lowest BCUT2D eigenvalue weighted by molar-refractivity contribution is 0.436. The van der Waals surface area contributed by atoms with Crippen LogP contribution in [0.2, 0.25) is 0 Å². The first-order chi connectivity index (χ1) is 26.9. The second-order valence-electron chi connectivity index (χ2n) is 11.2. The SMILES string of the molecule is [2H]c1c([2H])c([2H])c2c(c1[2H])Oc1c([2H])c([2H])c(-c3c([2H])c([2H])c([2H])c([2H])c3-n3c4ccccc4c4ccccc43)c([2H])c1C21c2ccccc2-c2ccccc21. The van der Waals surface area contributed by atoms with Crippen molar-refractivity contribution in [3.05, 3.63) is 186 Å². The zero-order valence-electron chi connectivity index (χ0n) is 34.6. The quantitative estimate of drug-likeness (QED) is 0.197. The highest BCUT2D eigenvalue weighted by molar-refractivity contribution is 6.09. The van der Waals surface area contributed by atoms with Crippen molar-refractivity contribution < 1.29 is 19.8 Å². The number of rotatable bonds is 2. The van der Waals surface area contributed by atoms with Crippen molar-refractivity contribution in [2.24, 2.45) is 0 Å². The topological polar surface area (TPSA) is 14.2 Å². The molecule has 2 aliphatic rings. The Labute approximate surface area is 276 Å². The van der Waals surface area contributed by atoms with Gasteiger partial charge in [0, 0.05) is 27.5 Å². The van der Waals surface area contributed by atoms with Gasteiger partial charge >= 0.3 is 0 Å². The van der Waals surface area contributed by atoms with E-state index in [4.69, 9.17) is 11.6 Å². The Kier molecular flexibility index (Phi) is 3.28. The largest absolute Gasteiger partial charge is 0.457 e. The van der Waals surface area contributed by atoms with Gasteiger partial charge in [-0.05, 0) is 64.1 Å². The van der Waals surface area contributed by atoms with Crippen LogP contribution in [-0.2, 0) is 5.41 Å². The number of hydrogen-bond acceptors (Lipinski definition) is 1. The number of fused-ring (bicyclic) bond motifs is 12. The first-order valence-electron chi connectivity index (χ1n) is 20.1. The molecule has 0 fully saturated rings. The van der Waals surface area contributed by atoms with E-state index in [0.717, 1.165) is 21.9 Å². The second kappa shape index (κ2) is 9.07. The Morgan fingerprint density at radius 3 is 1.80 bits per heavy atom. The van der Waals surface area contributed by atoms with Crippen LogP contribution in [0.25, 0.3) is 49.7 Å². The molecule has 0 N–H and O–H groups in total. The Balaban J connectivity index is 1.43. The molecule has 10 rings (SSSR count). The third-order valence-corrected chi connectivity index (χ3v) is 9.06. The van der Waals surface area contributed by atoms with E-state index in [2.05, 4.69) is 0 Å². The monoisotopic (exact) mass is 584 g/mol. The van der Waals surface area contributed by atoms with Gasteiger partial charge in [0.25, 0.3) is 0 Å². The standard InChI is InChI=1S/C43H27NO/c1-6-18-34-30(14-1)31-15-2-7-19-35(31)43(34)36-20-8-12-24-41(36)45-42-26-25-28(27-37(42)43)29-13-3-9-21-38(29)44-39-22-10-4-16-32(39)33-17-5-11-23-40(33)44/h1-27H/i3D,8D,9D,12D,13D,20D,21D,24D,25D,26D,27D. The lowest BCUT2D eigenvalue weighted by Crippen LogP contribution is -2.32. The molecule has 2 nitrogen and oxygen atoms in total. The number of para-hydroxylation sites is 4. The maximum absolute atomic E-state index is 10.2. The Bertz CT molecular complexity index is 3000. The average Bonchev–Trinajstić information content (AvgIpc) is 3.70. The van der Waals surface area contributed by atoms with Gasteiger partial charge in [-0.25, -0.2) is 0 Å². The number of hydrogen-bond donors (Lipinski definition) is 0. The van der Waals surface area contributed by atoms with Crippen molar-refractivity contribution in [1.29, 1.82) is 0 Å². The molecule has 45 heavy (non-hydrogen) atoms. The summed E-state index contributed by atoms with van der Waals surface area (Å²) >= 11 is 0. The van der Waals surface area contributed by atoms with Gasteiger partial charge in [0.05, 0.1) is 37.2 Å². The molecule has 0 unspecified atom stereocenters. The van der Waals surface area contributed by atoms with Crippen LogP contribution in [0.15, 0.2) is 164 Å². The summed E-state index contributed by atoms with van der Waals surface area (Å²) in [5, 5.41) is 1.64. The molecule has 0 saturated carbocycles. The van der Waals surface area contributed by atoms with Gasteiger partial charge in [-0.3, -0.25) is 0 Å². The van der Waals surface area contributed by atoms with Crippen molar-refractivity contribution in [2.75, 3.05) is 0 Å². The summed E-state index contributed by atoms with van der Waals surface area (Å²) in [6.07, 6.45) is 0. The fraction of sp³-hybridized carbons (Fsp3) is 0.0233. The lowest BCUT2D eigenvalue weighted by Gasteiger charge is -2.39. The summed E-state index contributed by atoms with van der Waals surface area (Å²) in [6.45, 7) is 0. The van der Waals surface area contributed by atoms with Crippen LogP contribution in [-0.4, -0.2) is 4.57 Å². The van der Waals surface area contributed by atoms with E-state index in [1.807, 2.05) is 84.9 Å². The van der Waals surface area contributed by atoms with Gasteiger partial charge in [-0.1, -0.05) is 127 Å². The highest BCUT2D eigenvalue weighted by Gasteiger charge is 2.51. The molecule has 8 aromatic rings. The summed E-state index contributed by atoms with van der Waals surface area (Å²) in [6, 6.07) is 24.3. The molecule has 0 radical (unpaired) electrons. The minimum absolute atomic E-state index is 0.00457. The molecule has 7 aromatic carbocycles. The number of aromatic nitrogens is 1. The summed E-state index contributed by atoms with van der Waals surface area (Å²) in [5.41, 5.74) is 1.89. The van der Waals surface area contributed by atoms with Crippen LogP contribution in [0.5, 0.6) is 11.5 Å². The highest BCUT2D eigenvalue weighted by atomic mass is 16.5. The molecule has 1 aliphatic heterocycles. The summed E-state index contributed by atoms with van der Waals surface area (Å²) in [4.78, 5) is 0. The molecular weight excluding hydrogens is 546 g/mol. The van der Waals surface area contributed by atoms with Crippen LogP contribution < -0.4 is 4.74 Å². The fourth-order valence-corrected chi connectivity index (χ4v) is 7.32. The molecule has 0 saturated heterocycles. The Morgan fingerprint density at radius 2 is 1.07 bits per heavy atom. The molecule has 2 heterocycles. The lowest BCUT2D eigenvalue weighted by atomic mass is 9.66. The average molecular weight is 585 g/mol. The van der Waals surface area contributed by atoms with Crippen LogP contribution in [0, 0.1) is 0 Å². The van der Waals surface area contributed by atoms with Gasteiger partial charge in [-0.15, -0.1) is 0 Å². The van der Waals surface area contributed by atoms with Crippen molar-refractivity contribution in [3.63, 3.8) is 0 Å². The summed E-state index contributed by atoms with van der Waals surface area (Å²) in [5.74, 6) is -0.463. The minimum Gasteiger partial charge on any atom is -0.457 e. The maximum Gasteiger partial charge on any atom is 0.132 e. The van der Waals surface area contributed by atoms with Crippen molar-refractivity contribution in [2.45, 2.75) is 5.41 Å². The van der Waals surface area contributed by atoms with Gasteiger partial charge < -0.3 is 9.30 Å². The van der Waals surface area contributed by atoms with Crippen molar-refractivity contribution in [3.8, 4) is 39.4 Å². The van der Waals surface area contributed by atoms with E-state index in [1.165, 1.54) is 0 Å². The van der Waals surface area contributed by atoms with Gasteiger partial charge in [0.2, 0.25) is 0 Å². The van der Waals surface area contributed by atoms with Crippen LogP contribution in [0.3, 0.4) is 0 Å². The van der Waals surface area contributed by atoms with Gasteiger partial charge in [0.15, 0.2) is 0 Å². The van der Waals surface area contributed by atoms with E-state index in [-0.39, 0.29) is 45.5 Å². The minimum atomic E-state index is -1.67. The van der Waals surface area contributed by atoms with Crippen LogP contribution in [0.4, 0.5) is 0 Å². The molecule has 2 heteroatoms. The number of benzene rings is 7. The molecule has 0 atom stereocenters. The van der Waals surface area contributed by atoms with E-state index < -0.39 is 65.8 Å². The number of ether oxygens (including phenoxy) is 1. The normalized spacial score (nSPS) is 17.1. The molecule has 0 amide bonds. The van der Waals surface area contributed by atoms with Crippen molar-refractivity contribution >= 4 is 21.8 Å². The zero-order valence-corrected chi connectivity index (χ0v) is 23.6. The van der Waals surface area contributed by atoms with Gasteiger partial charge in [-0.2, -0.15) is 0 Å². The smallest absolute Gasteiger partial charge is 0.132 e. The zero-order chi connectivity index (χ0) is 39.1. The summed E-state index contributed by atoms with van der Waals surface area (Å²) in [7, 11) is 0. The van der Waals surface area contributed by atoms with E-state index in [9.17, 15) is 8.22 Å². The van der Waals surface area contributed by atoms with E-state index >= 15 is 0 Å². The summed E-state index contributed by atoms with van der Waals surface area (Å²) < 4.78 is 110. The predicted octanol–water partition coefficient (Wildman–Crippen LogP) is 10.9. The predicted molar refractivity (Wildman–Crippen MR) is 184 cm³/mol. The van der Waals surface area contributed by atoms with Crippen LogP contribution in [0.1, 0.15) is 37.3 Å². The van der Waals surface area contributed by atoms with Crippen molar-refractivity contribution in [1.82, 2.24) is 4.57 Å². The van der Waals surface area contributed by atoms with E-state index in [1.54, 1.807) is 16.7 Å². The number of nitrogens with zero attached hydrogens (tertiary/aromatic N) is 1. The third-order valence-electron chi connectivity index (χ3n) is 9.06. The molecule has 210 valence electrons. The van der Waals surface area contributed by atoms with Gasteiger partial charge in [0.1, 0.15) is 11.5 Å². The molecule has 1 aromatic heterocycles. The molecule has 1 spiro atoms. The Morgan fingerprint density at radius 1 is 0.489 bits per heavy atom. The fourth-order valence-electron chi connectivity index (χ4n) is 7.32. The maximum atomic E-state index is 10.2. The Hall–Kier alpha value is -5.86. The van der Waals surface area contributed by atoms with Crippen LogP contribution >= 0.6 is 0 Å². The second-order valence-corrected chi connectivity index (χ2v) is 11.2. The molecule has 0 bridgehead atoms. The first-order valence-corrected chi connectivity index (χ1v) is 14.6. The highest BCUT2D eigenvalue weighted by Crippen LogP contribution is 2.62. The molecular formula is C43H27NO. The first kappa shape index (κ1) is 16.3. The van der Waals surface area contributed by atoms with E-state index in [0.29, 0.717) is 22.2 Å². The third kappa shape index (κ3) is 3.18.